The van der Waals surface area contributed by atoms with Gasteiger partial charge in [-0.2, -0.15) is 0 Å². The molecule has 0 spiro atoms. The molecule has 0 saturated heterocycles. The van der Waals surface area contributed by atoms with Crippen molar-refractivity contribution in [3.63, 3.8) is 0 Å². The largest absolute Gasteiger partial charge is 0.469 e. The van der Waals surface area contributed by atoms with E-state index in [1.54, 1.807) is 11.3 Å². The third-order valence-electron chi connectivity index (χ3n) is 2.38. The molecule has 3 heteroatoms. The van der Waals surface area contributed by atoms with E-state index in [-0.39, 0.29) is 5.97 Å². The van der Waals surface area contributed by atoms with Crippen LogP contribution in [0.5, 0.6) is 0 Å². The van der Waals surface area contributed by atoms with Crippen molar-refractivity contribution in [2.45, 2.75) is 6.42 Å². The van der Waals surface area contributed by atoms with Crippen LogP contribution in [0.4, 0.5) is 0 Å². The number of carbonyl (C=O) groups is 1. The fourth-order valence-corrected chi connectivity index (χ4v) is 2.00. The van der Waals surface area contributed by atoms with Gasteiger partial charge in [-0.1, -0.05) is 30.0 Å². The Balaban J connectivity index is 2.06. The zero-order chi connectivity index (χ0) is 12.8. The van der Waals surface area contributed by atoms with Crippen LogP contribution in [-0.2, 0) is 16.0 Å². The van der Waals surface area contributed by atoms with E-state index in [0.29, 0.717) is 6.42 Å². The van der Waals surface area contributed by atoms with Crippen molar-refractivity contribution in [3.05, 3.63) is 57.8 Å². The van der Waals surface area contributed by atoms with E-state index in [4.69, 9.17) is 0 Å². The molecule has 0 aliphatic heterocycles. The quantitative estimate of drug-likeness (QED) is 0.610. The van der Waals surface area contributed by atoms with Crippen LogP contribution in [0.2, 0.25) is 0 Å². The Kier molecular flexibility index (Phi) is 4.16. The summed E-state index contributed by atoms with van der Waals surface area (Å²) < 4.78 is 4.62. The van der Waals surface area contributed by atoms with Gasteiger partial charge in [-0.3, -0.25) is 4.79 Å². The molecule has 0 aliphatic rings. The monoisotopic (exact) mass is 256 g/mol. The topological polar surface area (TPSA) is 26.3 Å². The fourth-order valence-electron chi connectivity index (χ4n) is 1.43. The highest BCUT2D eigenvalue weighted by Gasteiger charge is 2.01. The van der Waals surface area contributed by atoms with Gasteiger partial charge in [0.2, 0.25) is 0 Å². The van der Waals surface area contributed by atoms with Crippen molar-refractivity contribution < 1.29 is 9.53 Å². The number of ether oxygens (including phenoxy) is 1. The summed E-state index contributed by atoms with van der Waals surface area (Å²) in [7, 11) is 1.39. The van der Waals surface area contributed by atoms with Crippen LogP contribution < -0.4 is 0 Å². The second kappa shape index (κ2) is 6.04. The number of esters is 1. The van der Waals surface area contributed by atoms with Crippen molar-refractivity contribution >= 4 is 17.3 Å². The highest BCUT2D eigenvalue weighted by molar-refractivity contribution is 7.10. The van der Waals surface area contributed by atoms with Gasteiger partial charge in [-0.15, -0.1) is 11.3 Å². The fraction of sp³-hybridized carbons (Fsp3) is 0.133. The maximum Gasteiger partial charge on any atom is 0.309 e. The summed E-state index contributed by atoms with van der Waals surface area (Å²) >= 11 is 1.62. The van der Waals surface area contributed by atoms with E-state index >= 15 is 0 Å². The van der Waals surface area contributed by atoms with Crippen LogP contribution in [0, 0.1) is 11.8 Å². The molecule has 0 fully saturated rings. The van der Waals surface area contributed by atoms with E-state index in [1.807, 2.05) is 41.8 Å². The van der Waals surface area contributed by atoms with Gasteiger partial charge in [-0.05, 0) is 29.1 Å². The molecule has 0 amide bonds. The van der Waals surface area contributed by atoms with Gasteiger partial charge in [-0.25, -0.2) is 0 Å². The first-order valence-electron chi connectivity index (χ1n) is 5.49. The van der Waals surface area contributed by atoms with Crippen molar-refractivity contribution in [2.24, 2.45) is 0 Å². The van der Waals surface area contributed by atoms with Crippen molar-refractivity contribution in [1.82, 2.24) is 0 Å². The van der Waals surface area contributed by atoms with Crippen LogP contribution in [0.15, 0.2) is 41.8 Å². The lowest BCUT2D eigenvalue weighted by atomic mass is 10.1. The molecule has 1 aromatic heterocycles. The molecule has 2 aromatic rings. The highest BCUT2D eigenvalue weighted by Crippen LogP contribution is 2.08. The third kappa shape index (κ3) is 3.47. The van der Waals surface area contributed by atoms with Crippen LogP contribution in [-0.4, -0.2) is 13.1 Å². The molecule has 1 aromatic carbocycles. The average Bonchev–Trinajstić information content (AvgIpc) is 2.91. The maximum absolute atomic E-state index is 11.1. The van der Waals surface area contributed by atoms with E-state index < -0.39 is 0 Å². The molecular weight excluding hydrogens is 244 g/mol. The van der Waals surface area contributed by atoms with E-state index in [0.717, 1.165) is 16.0 Å². The zero-order valence-corrected chi connectivity index (χ0v) is 10.8. The SMILES string of the molecule is COC(=O)Cc1ccc(C#Cc2cccs2)cc1. The minimum absolute atomic E-state index is 0.229. The Morgan fingerprint density at radius 3 is 2.61 bits per heavy atom. The predicted molar refractivity (Wildman–Crippen MR) is 72.5 cm³/mol. The molecule has 1 heterocycles. The Labute approximate surface area is 110 Å². The lowest BCUT2D eigenvalue weighted by Crippen LogP contribution is -2.04. The molecule has 0 radical (unpaired) electrons. The van der Waals surface area contributed by atoms with E-state index in [1.165, 1.54) is 7.11 Å². The van der Waals surface area contributed by atoms with Crippen LogP contribution in [0.25, 0.3) is 0 Å². The molecule has 0 saturated carbocycles. The third-order valence-corrected chi connectivity index (χ3v) is 3.17. The highest BCUT2D eigenvalue weighted by atomic mass is 32.1. The Morgan fingerprint density at radius 1 is 1.22 bits per heavy atom. The van der Waals surface area contributed by atoms with Gasteiger partial charge in [0.25, 0.3) is 0 Å². The summed E-state index contributed by atoms with van der Waals surface area (Å²) in [6.07, 6.45) is 0.301. The summed E-state index contributed by atoms with van der Waals surface area (Å²) in [4.78, 5) is 12.1. The van der Waals surface area contributed by atoms with Gasteiger partial charge >= 0.3 is 5.97 Å². The van der Waals surface area contributed by atoms with Gasteiger partial charge < -0.3 is 4.74 Å². The lowest BCUT2D eigenvalue weighted by molar-refractivity contribution is -0.139. The molecule has 0 atom stereocenters. The Morgan fingerprint density at radius 2 is 2.00 bits per heavy atom. The normalized spacial score (nSPS) is 9.39. The van der Waals surface area contributed by atoms with Crippen LogP contribution in [0.1, 0.15) is 16.0 Å². The first kappa shape index (κ1) is 12.4. The minimum Gasteiger partial charge on any atom is -0.469 e. The Bertz CT molecular complexity index is 571. The lowest BCUT2D eigenvalue weighted by Gasteiger charge is -1.99. The summed E-state index contributed by atoms with van der Waals surface area (Å²) in [6.45, 7) is 0. The average molecular weight is 256 g/mol. The van der Waals surface area contributed by atoms with Gasteiger partial charge in [0.15, 0.2) is 0 Å². The predicted octanol–water partition coefficient (Wildman–Crippen LogP) is 2.86. The van der Waals surface area contributed by atoms with Crippen molar-refractivity contribution in [2.75, 3.05) is 7.11 Å². The van der Waals surface area contributed by atoms with E-state index in [9.17, 15) is 4.79 Å². The van der Waals surface area contributed by atoms with Gasteiger partial charge in [0.1, 0.15) is 0 Å². The second-order valence-electron chi connectivity index (χ2n) is 3.68. The smallest absolute Gasteiger partial charge is 0.309 e. The van der Waals surface area contributed by atoms with Crippen molar-refractivity contribution in [1.29, 1.82) is 0 Å². The number of carbonyl (C=O) groups excluding carboxylic acids is 1. The molecule has 0 unspecified atom stereocenters. The maximum atomic E-state index is 11.1. The molecule has 0 N–H and O–H groups in total. The molecule has 18 heavy (non-hydrogen) atoms. The Hall–Kier alpha value is -2.05. The zero-order valence-electron chi connectivity index (χ0n) is 9.97. The molecule has 0 bridgehead atoms. The number of rotatable bonds is 2. The number of hydrogen-bond donors (Lipinski definition) is 0. The molecule has 90 valence electrons. The van der Waals surface area contributed by atoms with Crippen molar-refractivity contribution in [3.8, 4) is 11.8 Å². The summed E-state index contributed by atoms with van der Waals surface area (Å²) in [5.41, 5.74) is 1.88. The number of benzene rings is 1. The van der Waals surface area contributed by atoms with Crippen LogP contribution in [0.3, 0.4) is 0 Å². The molecule has 2 nitrogen and oxygen atoms in total. The number of methoxy groups -OCH3 is 1. The molecule has 2 rings (SSSR count). The first-order chi connectivity index (χ1) is 8.78. The minimum atomic E-state index is -0.229. The van der Waals surface area contributed by atoms with E-state index in [2.05, 4.69) is 16.6 Å². The summed E-state index contributed by atoms with van der Waals surface area (Å²) in [6, 6.07) is 11.6. The number of thiophene rings is 1. The van der Waals surface area contributed by atoms with Gasteiger partial charge in [0.05, 0.1) is 18.4 Å². The summed E-state index contributed by atoms with van der Waals surface area (Å²) in [5.74, 6) is 5.95. The first-order valence-corrected chi connectivity index (χ1v) is 6.37. The summed E-state index contributed by atoms with van der Waals surface area (Å²) in [5, 5.41) is 2.00. The second-order valence-corrected chi connectivity index (χ2v) is 4.62. The van der Waals surface area contributed by atoms with Crippen LogP contribution >= 0.6 is 11.3 Å². The standard InChI is InChI=1S/C15H12O2S/c1-17-15(16)11-13-6-4-12(5-7-13)8-9-14-3-2-10-18-14/h2-7,10H,11H2,1H3. The number of hydrogen-bond acceptors (Lipinski definition) is 3. The molecule has 0 aliphatic carbocycles. The molecular formula is C15H12O2S. The van der Waals surface area contributed by atoms with Gasteiger partial charge in [0, 0.05) is 5.56 Å².